The van der Waals surface area contributed by atoms with Crippen molar-refractivity contribution in [1.82, 2.24) is 20.6 Å². The van der Waals surface area contributed by atoms with E-state index in [4.69, 9.17) is 4.74 Å². The molecule has 1 aliphatic carbocycles. The maximum Gasteiger partial charge on any atom is 0.255 e. The van der Waals surface area contributed by atoms with E-state index in [0.29, 0.717) is 41.0 Å². The van der Waals surface area contributed by atoms with Crippen LogP contribution >= 0.6 is 0 Å². The van der Waals surface area contributed by atoms with Gasteiger partial charge in [-0.1, -0.05) is 17.9 Å². The van der Waals surface area contributed by atoms with Crippen LogP contribution < -0.4 is 20.7 Å². The van der Waals surface area contributed by atoms with E-state index in [9.17, 15) is 9.18 Å². The number of nitrogens with one attached hydrogen (secondary N) is 4. The highest BCUT2D eigenvalue weighted by Gasteiger charge is 2.47. The molecule has 35 heavy (non-hydrogen) atoms. The average Bonchev–Trinajstić information content (AvgIpc) is 3.34. The molecule has 1 spiro atoms. The molecule has 3 aromatic rings. The van der Waals surface area contributed by atoms with E-state index in [1.54, 1.807) is 24.5 Å². The summed E-state index contributed by atoms with van der Waals surface area (Å²) in [6, 6.07) is 6.71. The topological polar surface area (TPSA) is 91.1 Å². The van der Waals surface area contributed by atoms with Crippen LogP contribution in [0.1, 0.15) is 40.9 Å². The average molecular weight is 472 g/mol. The number of pyridine rings is 1. The first-order valence-electron chi connectivity index (χ1n) is 11.9. The molecule has 1 unspecified atom stereocenters. The Balaban J connectivity index is 1.44. The van der Waals surface area contributed by atoms with Crippen LogP contribution in [0, 0.1) is 23.1 Å². The molecule has 1 saturated heterocycles. The standard InChI is InChI=1S/C27H26FN5O2/c1-35-25-19(28)3-2-4-21(25)33-24-22-20(8-12-30-26(22)34)32-23(24)18-7-11-29-14-16(18)5-6-17-13-27(9-10-27)15-31-17/h2-4,7,11,14,17,31-33H,8-10,12-13,15H2,1H3,(H,30,34). The zero-order chi connectivity index (χ0) is 24.0. The van der Waals surface area contributed by atoms with E-state index in [0.717, 1.165) is 29.8 Å². The molecule has 1 amide bonds. The molecule has 0 bridgehead atoms. The van der Waals surface area contributed by atoms with Crippen molar-refractivity contribution in [3.8, 4) is 28.8 Å². The largest absolute Gasteiger partial charge is 0.492 e. The van der Waals surface area contributed by atoms with Crippen molar-refractivity contribution in [2.45, 2.75) is 31.7 Å². The third-order valence-electron chi connectivity index (χ3n) is 7.19. The summed E-state index contributed by atoms with van der Waals surface area (Å²) >= 11 is 0. The second kappa shape index (κ2) is 8.43. The third-order valence-corrected chi connectivity index (χ3v) is 7.19. The van der Waals surface area contributed by atoms with Gasteiger partial charge in [0.25, 0.3) is 5.91 Å². The monoisotopic (exact) mass is 471 g/mol. The summed E-state index contributed by atoms with van der Waals surface area (Å²) in [6.07, 6.45) is 7.77. The number of ether oxygens (including phenoxy) is 1. The first-order valence-corrected chi connectivity index (χ1v) is 11.9. The van der Waals surface area contributed by atoms with E-state index in [-0.39, 0.29) is 17.7 Å². The number of fused-ring (bicyclic) bond motifs is 1. The number of carbonyl (C=O) groups is 1. The van der Waals surface area contributed by atoms with Crippen LogP contribution in [-0.2, 0) is 6.42 Å². The minimum atomic E-state index is -0.485. The van der Waals surface area contributed by atoms with Gasteiger partial charge >= 0.3 is 0 Å². The minimum absolute atomic E-state index is 0.0840. The summed E-state index contributed by atoms with van der Waals surface area (Å²) in [7, 11) is 1.42. The molecule has 0 radical (unpaired) electrons. The predicted molar refractivity (Wildman–Crippen MR) is 131 cm³/mol. The number of anilines is 2. The number of halogens is 1. The van der Waals surface area contributed by atoms with Gasteiger partial charge in [0.1, 0.15) is 0 Å². The van der Waals surface area contributed by atoms with Crippen LogP contribution in [0.3, 0.4) is 0 Å². The highest BCUT2D eigenvalue weighted by atomic mass is 19.1. The summed E-state index contributed by atoms with van der Waals surface area (Å²) < 4.78 is 19.7. The van der Waals surface area contributed by atoms with Crippen molar-refractivity contribution >= 4 is 17.3 Å². The number of para-hydroxylation sites is 1. The Morgan fingerprint density at radius 3 is 2.97 bits per heavy atom. The van der Waals surface area contributed by atoms with Crippen LogP contribution in [-0.4, -0.2) is 42.1 Å². The smallest absolute Gasteiger partial charge is 0.255 e. The Labute approximate surface area is 202 Å². The van der Waals surface area contributed by atoms with E-state index < -0.39 is 5.82 Å². The summed E-state index contributed by atoms with van der Waals surface area (Å²) in [4.78, 5) is 20.6. The number of amides is 1. The number of nitrogens with zero attached hydrogens (tertiary/aromatic N) is 1. The van der Waals surface area contributed by atoms with Gasteiger partial charge in [-0.25, -0.2) is 4.39 Å². The quantitative estimate of drug-likeness (QED) is 0.435. The Morgan fingerprint density at radius 1 is 1.29 bits per heavy atom. The summed E-state index contributed by atoms with van der Waals surface area (Å²) in [6.45, 7) is 1.58. The molecule has 2 fully saturated rings. The summed E-state index contributed by atoms with van der Waals surface area (Å²) in [5.41, 5.74) is 5.09. The van der Waals surface area contributed by atoms with E-state index >= 15 is 0 Å². The van der Waals surface area contributed by atoms with Gasteiger partial charge in [-0.2, -0.15) is 0 Å². The summed E-state index contributed by atoms with van der Waals surface area (Å²) in [5, 5.41) is 9.71. The molecule has 2 aliphatic heterocycles. The molecule has 1 atom stereocenters. The Morgan fingerprint density at radius 2 is 2.17 bits per heavy atom. The second-order valence-corrected chi connectivity index (χ2v) is 9.51. The molecule has 6 rings (SSSR count). The van der Waals surface area contributed by atoms with Crippen LogP contribution in [0.25, 0.3) is 11.3 Å². The summed E-state index contributed by atoms with van der Waals surface area (Å²) in [5.74, 6) is 6.13. The van der Waals surface area contributed by atoms with Gasteiger partial charge in [-0.15, -0.1) is 0 Å². The number of hydrogen-bond acceptors (Lipinski definition) is 5. The lowest BCUT2D eigenvalue weighted by Gasteiger charge is -2.17. The number of hydrogen-bond donors (Lipinski definition) is 4. The Bertz CT molecular complexity index is 1380. The van der Waals surface area contributed by atoms with E-state index in [2.05, 4.69) is 37.8 Å². The van der Waals surface area contributed by atoms with Crippen molar-refractivity contribution in [3.05, 3.63) is 59.3 Å². The Hall–Kier alpha value is -3.83. The van der Waals surface area contributed by atoms with Gasteiger partial charge in [0.15, 0.2) is 11.6 Å². The van der Waals surface area contributed by atoms with Crippen molar-refractivity contribution in [2.75, 3.05) is 25.5 Å². The van der Waals surface area contributed by atoms with Crippen molar-refractivity contribution in [1.29, 1.82) is 0 Å². The number of methoxy groups -OCH3 is 1. The number of aromatic amines is 1. The van der Waals surface area contributed by atoms with Crippen LogP contribution in [0.4, 0.5) is 15.8 Å². The molecular formula is C27H26FN5O2. The van der Waals surface area contributed by atoms with Gasteiger partial charge in [-0.05, 0) is 42.9 Å². The molecule has 178 valence electrons. The van der Waals surface area contributed by atoms with Gasteiger partial charge in [0.05, 0.1) is 41.3 Å². The molecule has 2 aromatic heterocycles. The van der Waals surface area contributed by atoms with Crippen LogP contribution in [0.2, 0.25) is 0 Å². The number of benzene rings is 1. The highest BCUT2D eigenvalue weighted by molar-refractivity contribution is 6.06. The number of H-pyrrole nitrogens is 1. The van der Waals surface area contributed by atoms with E-state index in [1.807, 2.05) is 6.07 Å². The van der Waals surface area contributed by atoms with E-state index in [1.165, 1.54) is 26.0 Å². The van der Waals surface area contributed by atoms with Gasteiger partial charge in [0, 0.05) is 43.2 Å². The Kier molecular flexibility index (Phi) is 5.23. The predicted octanol–water partition coefficient (Wildman–Crippen LogP) is 3.75. The number of carbonyl (C=O) groups excluding carboxylic acids is 1. The molecule has 8 heteroatoms. The third kappa shape index (κ3) is 3.92. The number of aromatic nitrogens is 2. The molecule has 7 nitrogen and oxygen atoms in total. The maximum atomic E-state index is 14.4. The molecule has 4 heterocycles. The molecular weight excluding hydrogens is 445 g/mol. The number of rotatable bonds is 4. The lowest BCUT2D eigenvalue weighted by Crippen LogP contribution is -2.31. The zero-order valence-electron chi connectivity index (χ0n) is 19.4. The fraction of sp³-hybridized carbons (Fsp3) is 0.333. The highest BCUT2D eigenvalue weighted by Crippen LogP contribution is 2.51. The van der Waals surface area contributed by atoms with Gasteiger partial charge in [-0.3, -0.25) is 9.78 Å². The van der Waals surface area contributed by atoms with Gasteiger partial charge < -0.3 is 25.7 Å². The molecule has 4 N–H and O–H groups in total. The SMILES string of the molecule is COc1c(F)cccc1Nc1c(-c2ccncc2C#CC2CC3(CC3)CN2)[nH]c2c1C(=O)NCC2. The zero-order valence-corrected chi connectivity index (χ0v) is 19.4. The fourth-order valence-corrected chi connectivity index (χ4v) is 5.11. The van der Waals surface area contributed by atoms with Gasteiger partial charge in [0.2, 0.25) is 0 Å². The molecule has 1 aromatic carbocycles. The second-order valence-electron chi connectivity index (χ2n) is 9.51. The first kappa shape index (κ1) is 21.7. The molecule has 1 saturated carbocycles. The van der Waals surface area contributed by atoms with Crippen molar-refractivity contribution in [2.24, 2.45) is 5.41 Å². The lowest BCUT2D eigenvalue weighted by atomic mass is 10.0. The van der Waals surface area contributed by atoms with Crippen molar-refractivity contribution < 1.29 is 13.9 Å². The maximum absolute atomic E-state index is 14.4. The van der Waals surface area contributed by atoms with Crippen molar-refractivity contribution in [3.63, 3.8) is 0 Å². The lowest BCUT2D eigenvalue weighted by molar-refractivity contribution is 0.0947. The van der Waals surface area contributed by atoms with Crippen LogP contribution in [0.15, 0.2) is 36.7 Å². The molecule has 3 aliphatic rings. The van der Waals surface area contributed by atoms with Crippen LogP contribution in [0.5, 0.6) is 5.75 Å². The minimum Gasteiger partial charge on any atom is -0.492 e. The fourth-order valence-electron chi connectivity index (χ4n) is 5.11. The first-order chi connectivity index (χ1) is 17.1. The normalized spacial score (nSPS) is 19.5.